The van der Waals surface area contributed by atoms with E-state index < -0.39 is 0 Å². The van der Waals surface area contributed by atoms with Crippen LogP contribution in [0.3, 0.4) is 0 Å². The summed E-state index contributed by atoms with van der Waals surface area (Å²) in [6.45, 7) is 5.87. The standard InChI is InChI=1S/C29H34N4O3/c1-21-11-12-23(15-22(21)2)17-31-28(34)19-33(20-29(35)32-14-13-24(30)18-32)25-7-6-10-27(16-25)36-26-8-4-3-5-9-26/h3-12,15-16,24H,13-14,17-20,30H2,1-2H3,(H,31,34). The van der Waals surface area contributed by atoms with Gasteiger partial charge < -0.3 is 25.6 Å². The third-order valence-corrected chi connectivity index (χ3v) is 6.46. The van der Waals surface area contributed by atoms with Gasteiger partial charge in [0.05, 0.1) is 13.1 Å². The lowest BCUT2D eigenvalue weighted by molar-refractivity contribution is -0.128. The van der Waals surface area contributed by atoms with Crippen LogP contribution in [0.1, 0.15) is 23.1 Å². The van der Waals surface area contributed by atoms with Crippen LogP contribution < -0.4 is 20.7 Å². The molecular weight excluding hydrogens is 452 g/mol. The molecule has 7 heteroatoms. The molecule has 0 aliphatic carbocycles. The zero-order valence-corrected chi connectivity index (χ0v) is 20.9. The number of carbonyl (C=O) groups is 2. The lowest BCUT2D eigenvalue weighted by atomic mass is 10.1. The van der Waals surface area contributed by atoms with Gasteiger partial charge in [-0.05, 0) is 61.2 Å². The molecule has 0 spiro atoms. The third-order valence-electron chi connectivity index (χ3n) is 6.46. The fraction of sp³-hybridized carbons (Fsp3) is 0.310. The maximum Gasteiger partial charge on any atom is 0.242 e. The maximum atomic E-state index is 13.0. The molecule has 3 aromatic rings. The van der Waals surface area contributed by atoms with E-state index in [1.54, 1.807) is 9.80 Å². The molecule has 3 aromatic carbocycles. The Hall–Kier alpha value is -3.84. The number of nitrogens with two attached hydrogens (primary N) is 1. The Labute approximate surface area is 212 Å². The summed E-state index contributed by atoms with van der Waals surface area (Å²) in [5.74, 6) is 1.15. The predicted octanol–water partition coefficient (Wildman–Crippen LogP) is 3.78. The number of likely N-dealkylation sites (tertiary alicyclic amines) is 1. The van der Waals surface area contributed by atoms with Crippen molar-refractivity contribution in [3.63, 3.8) is 0 Å². The molecule has 1 fully saturated rings. The topological polar surface area (TPSA) is 87.9 Å². The van der Waals surface area contributed by atoms with Crippen LogP contribution in [0.25, 0.3) is 0 Å². The average Bonchev–Trinajstić information content (AvgIpc) is 3.31. The third kappa shape index (κ3) is 6.86. The van der Waals surface area contributed by atoms with E-state index in [1.807, 2.05) is 60.7 Å². The normalized spacial score (nSPS) is 15.0. The fourth-order valence-corrected chi connectivity index (χ4v) is 4.23. The van der Waals surface area contributed by atoms with E-state index in [4.69, 9.17) is 10.5 Å². The number of para-hydroxylation sites is 1. The van der Waals surface area contributed by atoms with Crippen LogP contribution in [0, 0.1) is 13.8 Å². The minimum absolute atomic E-state index is 0.00580. The average molecular weight is 487 g/mol. The van der Waals surface area contributed by atoms with Gasteiger partial charge in [-0.25, -0.2) is 0 Å². The lowest BCUT2D eigenvalue weighted by Gasteiger charge is -2.27. The second-order valence-corrected chi connectivity index (χ2v) is 9.35. The smallest absolute Gasteiger partial charge is 0.242 e. The molecule has 4 rings (SSSR count). The maximum absolute atomic E-state index is 13.0. The molecule has 0 saturated carbocycles. The van der Waals surface area contributed by atoms with Crippen LogP contribution in [0.5, 0.6) is 11.5 Å². The number of ether oxygens (including phenoxy) is 1. The Morgan fingerprint density at radius 1 is 0.972 bits per heavy atom. The summed E-state index contributed by atoms with van der Waals surface area (Å²) in [6, 6.07) is 23.1. The molecule has 0 bridgehead atoms. The Morgan fingerprint density at radius 3 is 2.47 bits per heavy atom. The number of rotatable bonds is 9. The van der Waals surface area contributed by atoms with Crippen molar-refractivity contribution in [1.82, 2.24) is 10.2 Å². The Balaban J connectivity index is 1.47. The monoisotopic (exact) mass is 486 g/mol. The van der Waals surface area contributed by atoms with Crippen molar-refractivity contribution in [2.45, 2.75) is 32.9 Å². The van der Waals surface area contributed by atoms with Gasteiger partial charge in [0.2, 0.25) is 11.8 Å². The zero-order chi connectivity index (χ0) is 25.5. The molecule has 1 aliphatic heterocycles. The van der Waals surface area contributed by atoms with Crippen LogP contribution in [-0.2, 0) is 16.1 Å². The van der Waals surface area contributed by atoms with Gasteiger partial charge in [-0.3, -0.25) is 9.59 Å². The lowest BCUT2D eigenvalue weighted by Crippen LogP contribution is -2.44. The van der Waals surface area contributed by atoms with Gasteiger partial charge in [0.15, 0.2) is 0 Å². The second kappa shape index (κ2) is 11.7. The first-order chi connectivity index (χ1) is 17.4. The molecule has 2 amide bonds. The van der Waals surface area contributed by atoms with E-state index in [0.717, 1.165) is 23.4 Å². The first-order valence-corrected chi connectivity index (χ1v) is 12.3. The van der Waals surface area contributed by atoms with Gasteiger partial charge in [-0.15, -0.1) is 0 Å². The first-order valence-electron chi connectivity index (χ1n) is 12.3. The summed E-state index contributed by atoms with van der Waals surface area (Å²) >= 11 is 0. The van der Waals surface area contributed by atoms with Gasteiger partial charge in [-0.2, -0.15) is 0 Å². The van der Waals surface area contributed by atoms with Crippen LogP contribution in [0.2, 0.25) is 0 Å². The summed E-state index contributed by atoms with van der Waals surface area (Å²) in [7, 11) is 0. The number of amides is 2. The molecule has 1 heterocycles. The number of aryl methyl sites for hydroxylation is 2. The molecule has 1 aliphatic rings. The molecule has 1 unspecified atom stereocenters. The molecule has 1 atom stereocenters. The molecular formula is C29H34N4O3. The summed E-state index contributed by atoms with van der Waals surface area (Å²) in [5.41, 5.74) is 10.2. The SMILES string of the molecule is Cc1ccc(CNC(=O)CN(CC(=O)N2CCC(N)C2)c2cccc(Oc3ccccc3)c2)cc1C. The molecule has 0 aromatic heterocycles. The minimum atomic E-state index is -0.159. The summed E-state index contributed by atoms with van der Waals surface area (Å²) in [4.78, 5) is 29.6. The molecule has 7 nitrogen and oxygen atoms in total. The van der Waals surface area contributed by atoms with Crippen molar-refractivity contribution in [3.8, 4) is 11.5 Å². The number of hydrogen-bond acceptors (Lipinski definition) is 5. The summed E-state index contributed by atoms with van der Waals surface area (Å²) < 4.78 is 5.98. The highest BCUT2D eigenvalue weighted by Crippen LogP contribution is 2.26. The van der Waals surface area contributed by atoms with E-state index in [2.05, 4.69) is 31.3 Å². The molecule has 0 radical (unpaired) electrons. The van der Waals surface area contributed by atoms with Crippen molar-refractivity contribution in [2.24, 2.45) is 5.73 Å². The first kappa shape index (κ1) is 25.3. The highest BCUT2D eigenvalue weighted by atomic mass is 16.5. The van der Waals surface area contributed by atoms with E-state index in [9.17, 15) is 9.59 Å². The number of anilines is 1. The van der Waals surface area contributed by atoms with Crippen molar-refractivity contribution in [2.75, 3.05) is 31.1 Å². The van der Waals surface area contributed by atoms with Crippen LogP contribution in [-0.4, -0.2) is 48.9 Å². The van der Waals surface area contributed by atoms with Crippen molar-refractivity contribution >= 4 is 17.5 Å². The van der Waals surface area contributed by atoms with Crippen LogP contribution >= 0.6 is 0 Å². The molecule has 3 N–H and O–H groups in total. The van der Waals surface area contributed by atoms with E-state index >= 15 is 0 Å². The number of hydrogen-bond donors (Lipinski definition) is 2. The van der Waals surface area contributed by atoms with E-state index in [1.165, 1.54) is 11.1 Å². The zero-order valence-electron chi connectivity index (χ0n) is 20.9. The molecule has 36 heavy (non-hydrogen) atoms. The fourth-order valence-electron chi connectivity index (χ4n) is 4.23. The molecule has 188 valence electrons. The Bertz CT molecular complexity index is 1200. The highest BCUT2D eigenvalue weighted by molar-refractivity contribution is 5.86. The summed E-state index contributed by atoms with van der Waals surface area (Å²) in [6.07, 6.45) is 0.794. The largest absolute Gasteiger partial charge is 0.457 e. The number of nitrogens with zero attached hydrogens (tertiary/aromatic N) is 2. The van der Waals surface area contributed by atoms with Gasteiger partial charge in [0, 0.05) is 37.4 Å². The van der Waals surface area contributed by atoms with Crippen LogP contribution in [0.15, 0.2) is 72.8 Å². The van der Waals surface area contributed by atoms with Gasteiger partial charge >= 0.3 is 0 Å². The van der Waals surface area contributed by atoms with Crippen LogP contribution in [0.4, 0.5) is 5.69 Å². The Morgan fingerprint density at radius 2 is 1.75 bits per heavy atom. The summed E-state index contributed by atoms with van der Waals surface area (Å²) in [5, 5.41) is 2.99. The highest BCUT2D eigenvalue weighted by Gasteiger charge is 2.26. The predicted molar refractivity (Wildman–Crippen MR) is 142 cm³/mol. The minimum Gasteiger partial charge on any atom is -0.457 e. The van der Waals surface area contributed by atoms with E-state index in [-0.39, 0.29) is 30.9 Å². The van der Waals surface area contributed by atoms with Gasteiger partial charge in [0.1, 0.15) is 11.5 Å². The van der Waals surface area contributed by atoms with Gasteiger partial charge in [0.25, 0.3) is 0 Å². The number of carbonyl (C=O) groups excluding carboxylic acids is 2. The molecule has 1 saturated heterocycles. The van der Waals surface area contributed by atoms with Crippen molar-refractivity contribution in [3.05, 3.63) is 89.5 Å². The quantitative estimate of drug-likeness (QED) is 0.481. The second-order valence-electron chi connectivity index (χ2n) is 9.35. The Kier molecular flexibility index (Phi) is 8.23. The number of nitrogens with one attached hydrogen (secondary N) is 1. The van der Waals surface area contributed by atoms with Gasteiger partial charge in [-0.1, -0.05) is 42.5 Å². The van der Waals surface area contributed by atoms with Crippen molar-refractivity contribution < 1.29 is 14.3 Å². The van der Waals surface area contributed by atoms with Crippen molar-refractivity contribution in [1.29, 1.82) is 0 Å². The number of benzene rings is 3. The van der Waals surface area contributed by atoms with E-state index in [0.29, 0.717) is 25.4 Å².